The number of rotatable bonds is 6. The van der Waals surface area contributed by atoms with E-state index in [1.165, 1.54) is 17.0 Å². The number of sulfone groups is 1. The molecule has 0 spiro atoms. The zero-order valence-electron chi connectivity index (χ0n) is 14.3. The molecule has 0 saturated carbocycles. The zero-order valence-corrected chi connectivity index (χ0v) is 15.1. The van der Waals surface area contributed by atoms with Gasteiger partial charge in [0.1, 0.15) is 23.4 Å². The normalized spacial score (nSPS) is 11.6. The van der Waals surface area contributed by atoms with Crippen LogP contribution in [-0.4, -0.2) is 43.0 Å². The van der Waals surface area contributed by atoms with Crippen molar-refractivity contribution in [2.24, 2.45) is 0 Å². The highest BCUT2D eigenvalue weighted by Gasteiger charge is 2.12. The van der Waals surface area contributed by atoms with Crippen molar-refractivity contribution < 1.29 is 18.0 Å². The molecule has 3 rings (SSSR count). The molecule has 0 unspecified atom stereocenters. The van der Waals surface area contributed by atoms with Gasteiger partial charge in [-0.05, 0) is 54.5 Å². The fraction of sp³-hybridized carbons (Fsp3) is 0.294. The minimum absolute atomic E-state index is 0.193. The van der Waals surface area contributed by atoms with E-state index in [-0.39, 0.29) is 11.5 Å². The Hall–Kier alpha value is -2.61. The van der Waals surface area contributed by atoms with Gasteiger partial charge in [-0.1, -0.05) is 17.0 Å². The first-order chi connectivity index (χ1) is 11.8. The molecule has 1 aromatic heterocycles. The fourth-order valence-corrected chi connectivity index (χ4v) is 2.98. The van der Waals surface area contributed by atoms with Crippen molar-refractivity contribution >= 4 is 20.9 Å². The Morgan fingerprint density at radius 1 is 1.08 bits per heavy atom. The molecular formula is C17H19N3O4S. The lowest BCUT2D eigenvalue weighted by atomic mass is 10.1. The third kappa shape index (κ3) is 3.90. The first kappa shape index (κ1) is 17.2. The van der Waals surface area contributed by atoms with Gasteiger partial charge in [0, 0.05) is 6.26 Å². The van der Waals surface area contributed by atoms with Crippen LogP contribution in [0.4, 0.5) is 0 Å². The molecule has 0 amide bonds. The minimum atomic E-state index is -3.31. The van der Waals surface area contributed by atoms with E-state index in [2.05, 4.69) is 10.3 Å². The summed E-state index contributed by atoms with van der Waals surface area (Å²) in [7, 11) is -3.31. The number of hydrogen-bond donors (Lipinski definition) is 0. The Balaban J connectivity index is 1.68. The quantitative estimate of drug-likeness (QED) is 0.624. The van der Waals surface area contributed by atoms with Gasteiger partial charge in [-0.2, -0.15) is 0 Å². The van der Waals surface area contributed by atoms with Gasteiger partial charge >= 0.3 is 0 Å². The minimum Gasteiger partial charge on any atom is -0.490 e. The van der Waals surface area contributed by atoms with Gasteiger partial charge in [0.2, 0.25) is 0 Å². The van der Waals surface area contributed by atoms with Crippen LogP contribution in [0.2, 0.25) is 0 Å². The van der Waals surface area contributed by atoms with Crippen LogP contribution >= 0.6 is 0 Å². The van der Waals surface area contributed by atoms with Crippen LogP contribution in [0.1, 0.15) is 11.1 Å². The van der Waals surface area contributed by atoms with Crippen LogP contribution in [0.15, 0.2) is 41.3 Å². The van der Waals surface area contributed by atoms with Gasteiger partial charge in [-0.3, -0.25) is 0 Å². The second kappa shape index (κ2) is 6.72. The SMILES string of the molecule is Cc1ccc(C)c(OCCOn2nnc3ccc(S(C)(=O)=O)cc32)c1. The molecule has 0 aliphatic heterocycles. The topological polar surface area (TPSA) is 83.3 Å². The van der Waals surface area contributed by atoms with Crippen molar-refractivity contribution in [3.8, 4) is 5.75 Å². The lowest BCUT2D eigenvalue weighted by Crippen LogP contribution is -2.19. The van der Waals surface area contributed by atoms with E-state index >= 15 is 0 Å². The molecule has 25 heavy (non-hydrogen) atoms. The van der Waals surface area contributed by atoms with E-state index in [0.717, 1.165) is 23.1 Å². The van der Waals surface area contributed by atoms with Crippen LogP contribution in [0, 0.1) is 13.8 Å². The molecule has 0 atom stereocenters. The molecule has 132 valence electrons. The third-order valence-corrected chi connectivity index (χ3v) is 4.82. The van der Waals surface area contributed by atoms with E-state index in [9.17, 15) is 8.42 Å². The number of nitrogens with zero attached hydrogens (tertiary/aromatic N) is 3. The number of aromatic nitrogens is 3. The lowest BCUT2D eigenvalue weighted by molar-refractivity contribution is 0.0638. The highest BCUT2D eigenvalue weighted by molar-refractivity contribution is 7.90. The maximum absolute atomic E-state index is 11.7. The molecular weight excluding hydrogens is 342 g/mol. The van der Waals surface area contributed by atoms with Crippen molar-refractivity contribution in [2.75, 3.05) is 19.5 Å². The molecule has 0 aliphatic carbocycles. The zero-order chi connectivity index (χ0) is 18.0. The van der Waals surface area contributed by atoms with Crippen LogP contribution in [0.25, 0.3) is 11.0 Å². The van der Waals surface area contributed by atoms with E-state index in [1.54, 1.807) is 6.07 Å². The second-order valence-electron chi connectivity index (χ2n) is 5.84. The molecule has 3 aromatic rings. The lowest BCUT2D eigenvalue weighted by Gasteiger charge is -2.10. The summed E-state index contributed by atoms with van der Waals surface area (Å²) in [5.74, 6) is 0.811. The summed E-state index contributed by atoms with van der Waals surface area (Å²) >= 11 is 0. The van der Waals surface area contributed by atoms with Crippen molar-refractivity contribution in [3.05, 3.63) is 47.5 Å². The van der Waals surface area contributed by atoms with E-state index in [4.69, 9.17) is 9.57 Å². The average molecular weight is 361 g/mol. The van der Waals surface area contributed by atoms with E-state index in [1.807, 2.05) is 32.0 Å². The summed E-state index contributed by atoms with van der Waals surface area (Å²) in [5.41, 5.74) is 3.23. The number of aryl methyl sites for hydroxylation is 2. The summed E-state index contributed by atoms with van der Waals surface area (Å²) in [6.45, 7) is 4.56. The molecule has 0 saturated heterocycles. The largest absolute Gasteiger partial charge is 0.490 e. The molecule has 0 N–H and O–H groups in total. The average Bonchev–Trinajstić information content (AvgIpc) is 2.96. The summed E-state index contributed by atoms with van der Waals surface area (Å²) in [6.07, 6.45) is 1.15. The molecule has 2 aromatic carbocycles. The molecule has 8 heteroatoms. The monoisotopic (exact) mass is 361 g/mol. The van der Waals surface area contributed by atoms with Crippen LogP contribution in [-0.2, 0) is 9.84 Å². The molecule has 0 aliphatic rings. The van der Waals surface area contributed by atoms with Crippen molar-refractivity contribution in [2.45, 2.75) is 18.7 Å². The van der Waals surface area contributed by atoms with E-state index < -0.39 is 9.84 Å². The van der Waals surface area contributed by atoms with Crippen molar-refractivity contribution in [1.29, 1.82) is 0 Å². The molecule has 0 radical (unpaired) electrons. The predicted octanol–water partition coefficient (Wildman–Crippen LogP) is 1.96. The smallest absolute Gasteiger partial charge is 0.175 e. The highest BCUT2D eigenvalue weighted by atomic mass is 32.2. The summed E-state index contributed by atoms with van der Waals surface area (Å²) in [6, 6.07) is 10.6. The summed E-state index contributed by atoms with van der Waals surface area (Å²) in [4.78, 5) is 6.95. The summed E-state index contributed by atoms with van der Waals surface area (Å²) in [5, 5.41) is 7.85. The summed E-state index contributed by atoms with van der Waals surface area (Å²) < 4.78 is 29.1. The van der Waals surface area contributed by atoms with E-state index in [0.29, 0.717) is 17.6 Å². The fourth-order valence-electron chi connectivity index (χ4n) is 2.34. The molecule has 7 nitrogen and oxygen atoms in total. The number of fused-ring (bicyclic) bond motifs is 1. The number of benzene rings is 2. The van der Waals surface area contributed by atoms with Gasteiger partial charge in [0.15, 0.2) is 16.4 Å². The van der Waals surface area contributed by atoms with Gasteiger partial charge in [0.25, 0.3) is 0 Å². The van der Waals surface area contributed by atoms with Crippen molar-refractivity contribution in [3.63, 3.8) is 0 Å². The second-order valence-corrected chi connectivity index (χ2v) is 7.85. The van der Waals surface area contributed by atoms with Crippen LogP contribution in [0.5, 0.6) is 5.75 Å². The van der Waals surface area contributed by atoms with Gasteiger partial charge < -0.3 is 9.57 Å². The highest BCUT2D eigenvalue weighted by Crippen LogP contribution is 2.19. The van der Waals surface area contributed by atoms with Crippen molar-refractivity contribution in [1.82, 2.24) is 15.2 Å². The predicted molar refractivity (Wildman–Crippen MR) is 93.5 cm³/mol. The Morgan fingerprint density at radius 3 is 2.64 bits per heavy atom. The first-order valence-corrected chi connectivity index (χ1v) is 9.62. The number of ether oxygens (including phenoxy) is 1. The van der Waals surface area contributed by atoms with Gasteiger partial charge in [-0.15, -0.1) is 5.10 Å². The molecule has 1 heterocycles. The Kier molecular flexibility index (Phi) is 4.63. The van der Waals surface area contributed by atoms with Gasteiger partial charge in [0.05, 0.1) is 4.90 Å². The standard InChI is InChI=1S/C17H19N3O4S/c1-12-4-5-13(2)17(10-12)23-8-9-24-20-16-11-14(25(3,21)22)6-7-15(16)18-19-20/h4-7,10-11H,8-9H2,1-3H3. The molecule has 0 fully saturated rings. The van der Waals surface area contributed by atoms with Crippen LogP contribution in [0.3, 0.4) is 0 Å². The maximum Gasteiger partial charge on any atom is 0.175 e. The Labute approximate surface area is 146 Å². The molecule has 0 bridgehead atoms. The third-order valence-electron chi connectivity index (χ3n) is 3.71. The number of hydrogen-bond acceptors (Lipinski definition) is 6. The van der Waals surface area contributed by atoms with Crippen LogP contribution < -0.4 is 9.57 Å². The Bertz CT molecular complexity index is 1010. The van der Waals surface area contributed by atoms with Gasteiger partial charge in [-0.25, -0.2) is 8.42 Å². The Morgan fingerprint density at radius 2 is 1.88 bits per heavy atom. The maximum atomic E-state index is 11.7. The first-order valence-electron chi connectivity index (χ1n) is 7.73.